The molecule has 0 bridgehead atoms. The van der Waals surface area contributed by atoms with E-state index in [0.717, 1.165) is 30.2 Å². The van der Waals surface area contributed by atoms with E-state index in [1.807, 2.05) is 0 Å². The van der Waals surface area contributed by atoms with Gasteiger partial charge >= 0.3 is 0 Å². The van der Waals surface area contributed by atoms with E-state index in [1.165, 1.54) is 64.3 Å². The van der Waals surface area contributed by atoms with Crippen LogP contribution < -0.4 is 0 Å². The highest BCUT2D eigenvalue weighted by atomic mass is 15.4. The molecule has 0 N–H and O–H groups in total. The highest BCUT2D eigenvalue weighted by Crippen LogP contribution is 2.44. The standard InChI is InChI=1S/C16H28N2/c1-12-9-14-6-4-7-16-17-8-3-2-5-13(17)11-15(10-12)18(14)16/h12-16H,2-11H2,1H3. The molecule has 0 aliphatic carbocycles. The Labute approximate surface area is 112 Å². The van der Waals surface area contributed by atoms with Crippen molar-refractivity contribution in [2.45, 2.75) is 89.0 Å². The first-order valence-electron chi connectivity index (χ1n) is 8.36. The normalized spacial score (nSPS) is 49.5. The Morgan fingerprint density at radius 2 is 1.61 bits per heavy atom. The minimum absolute atomic E-state index is 0.834. The third kappa shape index (κ3) is 1.76. The number of rotatable bonds is 0. The Bertz CT molecular complexity index is 316. The van der Waals surface area contributed by atoms with Crippen LogP contribution >= 0.6 is 0 Å². The zero-order valence-electron chi connectivity index (χ0n) is 11.9. The molecular formula is C16H28N2. The van der Waals surface area contributed by atoms with Crippen LogP contribution in [0.1, 0.15) is 64.7 Å². The van der Waals surface area contributed by atoms with E-state index >= 15 is 0 Å². The SMILES string of the molecule is CC1CC2CCCC3N4CCCCC4CC(C1)N23. The molecule has 0 aromatic carbocycles. The molecule has 4 aliphatic heterocycles. The molecule has 2 heteroatoms. The summed E-state index contributed by atoms with van der Waals surface area (Å²) >= 11 is 0. The summed E-state index contributed by atoms with van der Waals surface area (Å²) in [4.78, 5) is 5.88. The summed E-state index contributed by atoms with van der Waals surface area (Å²) < 4.78 is 0. The zero-order valence-corrected chi connectivity index (χ0v) is 11.9. The van der Waals surface area contributed by atoms with Crippen molar-refractivity contribution in [1.29, 1.82) is 0 Å². The lowest BCUT2D eigenvalue weighted by Gasteiger charge is -2.61. The van der Waals surface area contributed by atoms with Gasteiger partial charge in [-0.15, -0.1) is 0 Å². The maximum atomic E-state index is 2.98. The summed E-state index contributed by atoms with van der Waals surface area (Å²) in [5.74, 6) is 0.977. The van der Waals surface area contributed by atoms with Gasteiger partial charge in [0.25, 0.3) is 0 Å². The lowest BCUT2D eigenvalue weighted by atomic mass is 9.76. The molecule has 0 spiro atoms. The molecule has 4 fully saturated rings. The number of nitrogens with zero attached hydrogens (tertiary/aromatic N) is 2. The molecule has 4 rings (SSSR count). The molecule has 0 aromatic heterocycles. The molecule has 5 unspecified atom stereocenters. The molecular weight excluding hydrogens is 220 g/mol. The van der Waals surface area contributed by atoms with Gasteiger partial charge in [-0.25, -0.2) is 0 Å². The monoisotopic (exact) mass is 248 g/mol. The molecule has 4 saturated heterocycles. The van der Waals surface area contributed by atoms with Crippen molar-refractivity contribution in [2.24, 2.45) is 5.92 Å². The number of hydrogen-bond acceptors (Lipinski definition) is 2. The number of fused-ring (bicyclic) bond motifs is 2. The molecule has 4 aliphatic rings. The summed E-state index contributed by atoms with van der Waals surface area (Å²) in [5, 5.41) is 0. The van der Waals surface area contributed by atoms with Crippen molar-refractivity contribution < 1.29 is 0 Å². The fourth-order valence-electron chi connectivity index (χ4n) is 5.54. The van der Waals surface area contributed by atoms with Gasteiger partial charge in [0, 0.05) is 18.1 Å². The molecule has 18 heavy (non-hydrogen) atoms. The van der Waals surface area contributed by atoms with Crippen LogP contribution in [0.15, 0.2) is 0 Å². The third-order valence-electron chi connectivity index (χ3n) is 6.14. The fourth-order valence-corrected chi connectivity index (χ4v) is 5.54. The van der Waals surface area contributed by atoms with Gasteiger partial charge in [-0.05, 0) is 63.8 Å². The van der Waals surface area contributed by atoms with E-state index in [2.05, 4.69) is 16.7 Å². The Morgan fingerprint density at radius 1 is 0.778 bits per heavy atom. The van der Waals surface area contributed by atoms with Crippen LogP contribution in [0.5, 0.6) is 0 Å². The smallest absolute Gasteiger partial charge is 0.0629 e. The zero-order chi connectivity index (χ0) is 12.1. The predicted octanol–water partition coefficient (Wildman–Crippen LogP) is 3.22. The topological polar surface area (TPSA) is 6.48 Å². The predicted molar refractivity (Wildman–Crippen MR) is 74.4 cm³/mol. The average Bonchev–Trinajstić information content (AvgIpc) is 2.38. The van der Waals surface area contributed by atoms with E-state index in [1.54, 1.807) is 0 Å². The fraction of sp³-hybridized carbons (Fsp3) is 1.00. The lowest BCUT2D eigenvalue weighted by molar-refractivity contribution is -0.144. The second-order valence-electron chi connectivity index (χ2n) is 7.37. The summed E-state index contributed by atoms with van der Waals surface area (Å²) in [6.07, 6.45) is 14.1. The van der Waals surface area contributed by atoms with Crippen molar-refractivity contribution in [2.75, 3.05) is 6.54 Å². The maximum Gasteiger partial charge on any atom is 0.0629 e. The molecule has 0 saturated carbocycles. The summed E-state index contributed by atoms with van der Waals surface area (Å²) in [6, 6.07) is 2.80. The van der Waals surface area contributed by atoms with Crippen molar-refractivity contribution >= 4 is 0 Å². The molecule has 102 valence electrons. The van der Waals surface area contributed by atoms with Crippen molar-refractivity contribution in [3.8, 4) is 0 Å². The Morgan fingerprint density at radius 3 is 2.56 bits per heavy atom. The molecule has 0 radical (unpaired) electrons. The first-order valence-corrected chi connectivity index (χ1v) is 8.36. The van der Waals surface area contributed by atoms with Gasteiger partial charge in [-0.3, -0.25) is 9.80 Å². The van der Waals surface area contributed by atoms with Crippen molar-refractivity contribution in [3.05, 3.63) is 0 Å². The third-order valence-corrected chi connectivity index (χ3v) is 6.14. The van der Waals surface area contributed by atoms with Gasteiger partial charge in [-0.2, -0.15) is 0 Å². The molecule has 2 nitrogen and oxygen atoms in total. The van der Waals surface area contributed by atoms with Gasteiger partial charge in [0.1, 0.15) is 0 Å². The van der Waals surface area contributed by atoms with E-state index in [-0.39, 0.29) is 0 Å². The van der Waals surface area contributed by atoms with E-state index in [4.69, 9.17) is 0 Å². The second-order valence-corrected chi connectivity index (χ2v) is 7.37. The molecule has 5 atom stereocenters. The van der Waals surface area contributed by atoms with Gasteiger partial charge in [0.2, 0.25) is 0 Å². The van der Waals surface area contributed by atoms with E-state index in [9.17, 15) is 0 Å². The van der Waals surface area contributed by atoms with Gasteiger partial charge < -0.3 is 0 Å². The molecule has 4 heterocycles. The van der Waals surface area contributed by atoms with Gasteiger partial charge in [-0.1, -0.05) is 13.3 Å². The van der Waals surface area contributed by atoms with Crippen LogP contribution in [0.3, 0.4) is 0 Å². The highest BCUT2D eigenvalue weighted by Gasteiger charge is 2.48. The van der Waals surface area contributed by atoms with Crippen LogP contribution in [0.25, 0.3) is 0 Å². The minimum Gasteiger partial charge on any atom is -0.285 e. The van der Waals surface area contributed by atoms with Crippen LogP contribution in [0, 0.1) is 5.92 Å². The van der Waals surface area contributed by atoms with Gasteiger partial charge in [0.05, 0.1) is 6.17 Å². The number of hydrogen-bond donors (Lipinski definition) is 0. The Hall–Kier alpha value is -0.0800. The van der Waals surface area contributed by atoms with Crippen LogP contribution in [-0.2, 0) is 0 Å². The van der Waals surface area contributed by atoms with Crippen LogP contribution in [0.2, 0.25) is 0 Å². The van der Waals surface area contributed by atoms with E-state index in [0.29, 0.717) is 0 Å². The maximum absolute atomic E-state index is 2.98. The molecule has 0 aromatic rings. The summed E-state index contributed by atoms with van der Waals surface area (Å²) in [5.41, 5.74) is 0. The van der Waals surface area contributed by atoms with Gasteiger partial charge in [0.15, 0.2) is 0 Å². The second kappa shape index (κ2) is 4.49. The summed E-state index contributed by atoms with van der Waals surface area (Å²) in [6.45, 7) is 3.88. The molecule has 0 amide bonds. The van der Waals surface area contributed by atoms with Crippen molar-refractivity contribution in [3.63, 3.8) is 0 Å². The van der Waals surface area contributed by atoms with Crippen molar-refractivity contribution in [1.82, 2.24) is 9.80 Å². The Balaban J connectivity index is 1.62. The van der Waals surface area contributed by atoms with Crippen LogP contribution in [-0.4, -0.2) is 40.6 Å². The average molecular weight is 248 g/mol. The lowest BCUT2D eigenvalue weighted by Crippen LogP contribution is -2.68. The quantitative estimate of drug-likeness (QED) is 0.649. The van der Waals surface area contributed by atoms with Crippen LogP contribution in [0.4, 0.5) is 0 Å². The highest BCUT2D eigenvalue weighted by molar-refractivity contribution is 5.01. The Kier molecular flexibility index (Phi) is 2.92. The number of piperidine rings is 3. The largest absolute Gasteiger partial charge is 0.285 e. The van der Waals surface area contributed by atoms with E-state index < -0.39 is 0 Å². The minimum atomic E-state index is 0.834. The summed E-state index contributed by atoms with van der Waals surface area (Å²) in [7, 11) is 0. The first kappa shape index (κ1) is 11.7. The first-order chi connectivity index (χ1) is 8.83.